The summed E-state index contributed by atoms with van der Waals surface area (Å²) in [5.41, 5.74) is -0.271. The standard InChI is InChI=1S/C9H7BrF3NO3/c1-16-8-6(2-10)7(17-9(11,12)13)5(4-15)3-14-8/h3-4H,2H2,1H3. The monoisotopic (exact) mass is 313 g/mol. The van der Waals surface area contributed by atoms with E-state index in [1.54, 1.807) is 0 Å². The van der Waals surface area contributed by atoms with E-state index in [4.69, 9.17) is 4.74 Å². The molecule has 0 atom stereocenters. The quantitative estimate of drug-likeness (QED) is 0.633. The lowest BCUT2D eigenvalue weighted by molar-refractivity contribution is -0.275. The molecule has 0 amide bonds. The Bertz CT molecular complexity index is 423. The zero-order valence-electron chi connectivity index (χ0n) is 8.55. The van der Waals surface area contributed by atoms with Crippen LogP contribution in [-0.2, 0) is 5.33 Å². The summed E-state index contributed by atoms with van der Waals surface area (Å²) >= 11 is 2.99. The highest BCUT2D eigenvalue weighted by Crippen LogP contribution is 2.35. The number of hydrogen-bond acceptors (Lipinski definition) is 4. The third-order valence-electron chi connectivity index (χ3n) is 1.79. The summed E-state index contributed by atoms with van der Waals surface area (Å²) in [5.74, 6) is -0.636. The summed E-state index contributed by atoms with van der Waals surface area (Å²) in [6.07, 6.45) is -3.69. The molecule has 0 aromatic carbocycles. The highest BCUT2D eigenvalue weighted by molar-refractivity contribution is 9.08. The lowest BCUT2D eigenvalue weighted by atomic mass is 10.2. The molecule has 0 N–H and O–H groups in total. The Kier molecular flexibility index (Phi) is 4.33. The van der Waals surface area contributed by atoms with Crippen molar-refractivity contribution in [3.05, 3.63) is 17.3 Å². The number of hydrogen-bond donors (Lipinski definition) is 0. The molecule has 0 bridgehead atoms. The molecule has 1 heterocycles. The molecule has 0 spiro atoms. The van der Waals surface area contributed by atoms with Gasteiger partial charge in [-0.15, -0.1) is 13.2 Å². The molecule has 0 aliphatic rings. The predicted octanol–water partition coefficient (Wildman–Crippen LogP) is 2.70. The van der Waals surface area contributed by atoms with E-state index >= 15 is 0 Å². The summed E-state index contributed by atoms with van der Waals surface area (Å²) in [5, 5.41) is 0.0102. The highest BCUT2D eigenvalue weighted by Gasteiger charge is 2.34. The van der Waals surface area contributed by atoms with Crippen LogP contribution in [0.4, 0.5) is 13.2 Å². The van der Waals surface area contributed by atoms with Crippen LogP contribution in [0.5, 0.6) is 11.6 Å². The number of alkyl halides is 4. The summed E-state index contributed by atoms with van der Waals surface area (Å²) in [7, 11) is 1.26. The minimum absolute atomic E-state index is 0.0102. The molecular formula is C9H7BrF3NO3. The van der Waals surface area contributed by atoms with Crippen molar-refractivity contribution >= 4 is 22.2 Å². The second-order valence-corrected chi connectivity index (χ2v) is 3.39. The first kappa shape index (κ1) is 13.8. The second-order valence-electron chi connectivity index (χ2n) is 2.83. The first-order chi connectivity index (χ1) is 7.92. The lowest BCUT2D eigenvalue weighted by Crippen LogP contribution is -2.19. The normalized spacial score (nSPS) is 11.1. The van der Waals surface area contributed by atoms with Gasteiger partial charge in [-0.2, -0.15) is 0 Å². The van der Waals surface area contributed by atoms with Gasteiger partial charge in [0.15, 0.2) is 12.0 Å². The molecule has 0 saturated heterocycles. The number of pyridine rings is 1. The van der Waals surface area contributed by atoms with Crippen molar-refractivity contribution in [3.63, 3.8) is 0 Å². The summed E-state index contributed by atoms with van der Waals surface area (Å²) in [6.45, 7) is 0. The van der Waals surface area contributed by atoms with Gasteiger partial charge >= 0.3 is 6.36 Å². The molecule has 0 saturated carbocycles. The van der Waals surface area contributed by atoms with Crippen LogP contribution in [0.1, 0.15) is 15.9 Å². The number of methoxy groups -OCH3 is 1. The fraction of sp³-hybridized carbons (Fsp3) is 0.333. The lowest BCUT2D eigenvalue weighted by Gasteiger charge is -2.15. The van der Waals surface area contributed by atoms with Crippen molar-refractivity contribution in [2.75, 3.05) is 7.11 Å². The zero-order valence-corrected chi connectivity index (χ0v) is 10.1. The van der Waals surface area contributed by atoms with Crippen LogP contribution in [0.25, 0.3) is 0 Å². The van der Waals surface area contributed by atoms with Gasteiger partial charge < -0.3 is 9.47 Å². The highest BCUT2D eigenvalue weighted by atomic mass is 79.9. The second kappa shape index (κ2) is 5.35. The molecule has 0 fully saturated rings. The van der Waals surface area contributed by atoms with Gasteiger partial charge in [-0.25, -0.2) is 4.98 Å². The maximum absolute atomic E-state index is 12.2. The Labute approximate surface area is 103 Å². The number of halogens is 4. The number of ether oxygens (including phenoxy) is 2. The van der Waals surface area contributed by atoms with Crippen LogP contribution in [0, 0.1) is 0 Å². The van der Waals surface area contributed by atoms with E-state index in [-0.39, 0.29) is 28.6 Å². The maximum atomic E-state index is 12.2. The number of nitrogens with zero attached hydrogens (tertiary/aromatic N) is 1. The fourth-order valence-corrected chi connectivity index (χ4v) is 1.64. The average molecular weight is 314 g/mol. The first-order valence-electron chi connectivity index (χ1n) is 4.25. The van der Waals surface area contributed by atoms with Crippen molar-refractivity contribution in [1.82, 2.24) is 4.98 Å². The van der Waals surface area contributed by atoms with E-state index in [9.17, 15) is 18.0 Å². The van der Waals surface area contributed by atoms with E-state index in [2.05, 4.69) is 25.7 Å². The van der Waals surface area contributed by atoms with E-state index < -0.39 is 12.1 Å². The van der Waals surface area contributed by atoms with Gasteiger partial charge in [0.1, 0.15) is 0 Å². The molecule has 17 heavy (non-hydrogen) atoms. The third kappa shape index (κ3) is 3.32. The van der Waals surface area contributed by atoms with Crippen molar-refractivity contribution in [2.45, 2.75) is 11.7 Å². The van der Waals surface area contributed by atoms with E-state index in [1.807, 2.05) is 0 Å². The molecule has 0 aliphatic carbocycles. The van der Waals surface area contributed by atoms with Gasteiger partial charge in [-0.1, -0.05) is 15.9 Å². The van der Waals surface area contributed by atoms with Crippen LogP contribution in [0.3, 0.4) is 0 Å². The smallest absolute Gasteiger partial charge is 0.481 e. The molecule has 1 rings (SSSR count). The molecular weight excluding hydrogens is 307 g/mol. The van der Waals surface area contributed by atoms with Crippen molar-refractivity contribution in [3.8, 4) is 11.6 Å². The van der Waals surface area contributed by atoms with Crippen LogP contribution in [-0.4, -0.2) is 24.7 Å². The Hall–Kier alpha value is -1.31. The minimum Gasteiger partial charge on any atom is -0.481 e. The van der Waals surface area contributed by atoms with E-state index in [0.717, 1.165) is 6.20 Å². The Morgan fingerprint density at radius 2 is 2.18 bits per heavy atom. The van der Waals surface area contributed by atoms with Crippen LogP contribution < -0.4 is 9.47 Å². The van der Waals surface area contributed by atoms with Crippen LogP contribution in [0.2, 0.25) is 0 Å². The Morgan fingerprint density at radius 3 is 2.59 bits per heavy atom. The molecule has 8 heteroatoms. The fourth-order valence-electron chi connectivity index (χ4n) is 1.15. The summed E-state index contributed by atoms with van der Waals surface area (Å²) < 4.78 is 45.2. The molecule has 1 aromatic heterocycles. The van der Waals surface area contributed by atoms with Gasteiger partial charge in [0, 0.05) is 11.5 Å². The summed E-state index contributed by atoms with van der Waals surface area (Å²) in [4.78, 5) is 14.3. The molecule has 4 nitrogen and oxygen atoms in total. The predicted molar refractivity (Wildman–Crippen MR) is 55.5 cm³/mol. The number of aldehydes is 1. The van der Waals surface area contributed by atoms with Gasteiger partial charge in [-0.05, 0) is 0 Å². The topological polar surface area (TPSA) is 48.4 Å². The third-order valence-corrected chi connectivity index (χ3v) is 2.35. The van der Waals surface area contributed by atoms with Crippen LogP contribution >= 0.6 is 15.9 Å². The number of rotatable bonds is 4. The number of aromatic nitrogens is 1. The zero-order chi connectivity index (χ0) is 13.1. The van der Waals surface area contributed by atoms with Gasteiger partial charge in [0.25, 0.3) is 0 Å². The molecule has 1 aromatic rings. The van der Waals surface area contributed by atoms with Crippen LogP contribution in [0.15, 0.2) is 6.20 Å². The first-order valence-corrected chi connectivity index (χ1v) is 5.37. The SMILES string of the molecule is COc1ncc(C=O)c(OC(F)(F)F)c1CBr. The average Bonchev–Trinajstić information content (AvgIpc) is 2.26. The maximum Gasteiger partial charge on any atom is 0.573 e. The summed E-state index contributed by atoms with van der Waals surface area (Å²) in [6, 6.07) is 0. The number of carbonyl (C=O) groups excluding carboxylic acids is 1. The Morgan fingerprint density at radius 1 is 1.53 bits per heavy atom. The van der Waals surface area contributed by atoms with E-state index in [0.29, 0.717) is 0 Å². The van der Waals surface area contributed by atoms with Gasteiger partial charge in [0.05, 0.1) is 18.2 Å². The van der Waals surface area contributed by atoms with E-state index in [1.165, 1.54) is 7.11 Å². The molecule has 94 valence electrons. The van der Waals surface area contributed by atoms with Gasteiger partial charge in [-0.3, -0.25) is 4.79 Å². The molecule has 0 aliphatic heterocycles. The molecule has 0 radical (unpaired) electrons. The minimum atomic E-state index is -4.89. The van der Waals surface area contributed by atoms with Crippen molar-refractivity contribution in [2.24, 2.45) is 0 Å². The Balaban J connectivity index is 3.35. The van der Waals surface area contributed by atoms with Gasteiger partial charge in [0.2, 0.25) is 5.88 Å². The number of carbonyl (C=O) groups is 1. The largest absolute Gasteiger partial charge is 0.573 e. The van der Waals surface area contributed by atoms with Crippen molar-refractivity contribution < 1.29 is 27.4 Å². The van der Waals surface area contributed by atoms with Crippen molar-refractivity contribution in [1.29, 1.82) is 0 Å². The molecule has 0 unspecified atom stereocenters.